The number of aromatic nitrogens is 1. The summed E-state index contributed by atoms with van der Waals surface area (Å²) in [5.41, 5.74) is 0.396. The lowest BCUT2D eigenvalue weighted by Gasteiger charge is -2.33. The average Bonchev–Trinajstić information content (AvgIpc) is 2.70. The van der Waals surface area contributed by atoms with Gasteiger partial charge in [-0.25, -0.2) is 8.42 Å². The molecule has 1 aromatic rings. The zero-order valence-electron chi connectivity index (χ0n) is 10.6. The second-order valence-corrected chi connectivity index (χ2v) is 7.51. The minimum Gasteiger partial charge on any atom is -0.395 e. The topological polar surface area (TPSA) is 93.7 Å². The monoisotopic (exact) mass is 307 g/mol. The van der Waals surface area contributed by atoms with Crippen LogP contribution in [0.15, 0.2) is 9.00 Å². The molecule has 0 atom stereocenters. The van der Waals surface area contributed by atoms with Crippen molar-refractivity contribution >= 4 is 21.4 Å². The Kier molecular flexibility index (Phi) is 4.41. The molecule has 0 saturated carbocycles. The molecule has 7 nitrogen and oxygen atoms in total. The van der Waals surface area contributed by atoms with Crippen molar-refractivity contribution in [2.45, 2.75) is 11.1 Å². The highest BCUT2D eigenvalue weighted by atomic mass is 32.2. The third-order valence-corrected chi connectivity index (χ3v) is 6.58. The summed E-state index contributed by atoms with van der Waals surface area (Å²) >= 11 is 0.732. The third kappa shape index (κ3) is 3.06. The molecule has 1 fully saturated rings. The summed E-state index contributed by atoms with van der Waals surface area (Å²) in [5.74, 6) is 0. The predicted octanol–water partition coefficient (Wildman–Crippen LogP) is -0.957. The fraction of sp³-hybridized carbons (Fsp3) is 0.700. The molecule has 2 N–H and O–H groups in total. The van der Waals surface area contributed by atoms with Gasteiger partial charge < -0.3 is 10.1 Å². The average molecular weight is 307 g/mol. The standard InChI is InChI=1S/C10H17N3O4S2/c1-8-9(18-10(15)11-8)19(16,17)13-4-2-12(3-5-13)6-7-14/h14H,2-7H2,1H3,(H,11,15). The lowest BCUT2D eigenvalue weighted by atomic mass is 10.4. The maximum Gasteiger partial charge on any atom is 0.305 e. The van der Waals surface area contributed by atoms with Gasteiger partial charge >= 0.3 is 4.87 Å². The molecule has 0 amide bonds. The lowest BCUT2D eigenvalue weighted by molar-refractivity contribution is 0.151. The van der Waals surface area contributed by atoms with Gasteiger partial charge in [-0.15, -0.1) is 0 Å². The Morgan fingerprint density at radius 1 is 1.32 bits per heavy atom. The Morgan fingerprint density at radius 3 is 2.42 bits per heavy atom. The van der Waals surface area contributed by atoms with E-state index in [1.54, 1.807) is 6.92 Å². The van der Waals surface area contributed by atoms with Gasteiger partial charge in [0.15, 0.2) is 4.21 Å². The highest BCUT2D eigenvalue weighted by Gasteiger charge is 2.31. The van der Waals surface area contributed by atoms with Gasteiger partial charge in [-0.2, -0.15) is 4.31 Å². The summed E-state index contributed by atoms with van der Waals surface area (Å²) in [6.45, 7) is 4.18. The number of β-amino-alcohol motifs (C(OH)–C–C–N with tert-alkyl or cyclic N) is 1. The molecule has 2 heterocycles. The molecule has 0 radical (unpaired) electrons. The number of hydrogen-bond donors (Lipinski definition) is 2. The quantitative estimate of drug-likeness (QED) is 0.747. The summed E-state index contributed by atoms with van der Waals surface area (Å²) in [5, 5.41) is 8.85. The van der Waals surface area contributed by atoms with Crippen LogP contribution in [0.5, 0.6) is 0 Å². The molecule has 1 aromatic heterocycles. The van der Waals surface area contributed by atoms with E-state index in [1.807, 2.05) is 4.90 Å². The number of aliphatic hydroxyl groups is 1. The fourth-order valence-corrected chi connectivity index (χ4v) is 4.95. The first-order chi connectivity index (χ1) is 8.95. The van der Waals surface area contributed by atoms with E-state index in [9.17, 15) is 13.2 Å². The number of nitrogens with one attached hydrogen (secondary N) is 1. The van der Waals surface area contributed by atoms with Crippen molar-refractivity contribution in [2.24, 2.45) is 0 Å². The second kappa shape index (κ2) is 5.71. The number of sulfonamides is 1. The Labute approximate surface area is 115 Å². The number of aromatic amines is 1. The van der Waals surface area contributed by atoms with Crippen LogP contribution < -0.4 is 4.87 Å². The molecule has 1 saturated heterocycles. The van der Waals surface area contributed by atoms with E-state index < -0.39 is 10.0 Å². The largest absolute Gasteiger partial charge is 0.395 e. The summed E-state index contributed by atoms with van der Waals surface area (Å²) in [7, 11) is -3.58. The SMILES string of the molecule is Cc1[nH]c(=O)sc1S(=O)(=O)N1CCN(CCO)CC1. The summed E-state index contributed by atoms with van der Waals surface area (Å²) in [6, 6.07) is 0. The van der Waals surface area contributed by atoms with Gasteiger partial charge in [0.05, 0.1) is 6.61 Å². The number of hydrogen-bond acceptors (Lipinski definition) is 6. The molecule has 0 aliphatic carbocycles. The predicted molar refractivity (Wildman–Crippen MR) is 72.0 cm³/mol. The third-order valence-electron chi connectivity index (χ3n) is 3.10. The maximum absolute atomic E-state index is 12.4. The minimum absolute atomic E-state index is 0.0747. The number of aliphatic hydroxyl groups excluding tert-OH is 1. The first kappa shape index (κ1) is 14.7. The van der Waals surface area contributed by atoms with Gasteiger partial charge in [-0.3, -0.25) is 9.69 Å². The summed E-state index contributed by atoms with van der Waals surface area (Å²) in [4.78, 5) is 15.4. The molecule has 19 heavy (non-hydrogen) atoms. The number of piperazine rings is 1. The van der Waals surface area contributed by atoms with Gasteiger partial charge in [0, 0.05) is 38.4 Å². The van der Waals surface area contributed by atoms with Crippen LogP contribution in [-0.4, -0.2) is 67.0 Å². The highest BCUT2D eigenvalue weighted by molar-refractivity contribution is 7.91. The summed E-state index contributed by atoms with van der Waals surface area (Å²) in [6.07, 6.45) is 0. The van der Waals surface area contributed by atoms with E-state index in [-0.39, 0.29) is 15.7 Å². The zero-order valence-corrected chi connectivity index (χ0v) is 12.3. The minimum atomic E-state index is -3.58. The maximum atomic E-state index is 12.4. The zero-order chi connectivity index (χ0) is 14.0. The Balaban J connectivity index is 2.14. The molecule has 2 rings (SSSR count). The number of rotatable bonds is 4. The smallest absolute Gasteiger partial charge is 0.305 e. The van der Waals surface area contributed by atoms with Crippen molar-refractivity contribution in [3.8, 4) is 0 Å². The first-order valence-electron chi connectivity index (χ1n) is 5.98. The van der Waals surface area contributed by atoms with Crippen LogP contribution in [0, 0.1) is 6.92 Å². The van der Waals surface area contributed by atoms with Crippen LogP contribution in [0.25, 0.3) is 0 Å². The molecule has 0 bridgehead atoms. The molecule has 1 aliphatic rings. The van der Waals surface area contributed by atoms with Crippen LogP contribution in [0.1, 0.15) is 5.69 Å². The normalized spacial score (nSPS) is 18.8. The fourth-order valence-electron chi connectivity index (χ4n) is 2.09. The molecule has 0 unspecified atom stereocenters. The van der Waals surface area contributed by atoms with Crippen molar-refractivity contribution in [3.05, 3.63) is 15.4 Å². The molecule has 9 heteroatoms. The molecule has 0 spiro atoms. The Hall–Kier alpha value is -0.740. The van der Waals surface area contributed by atoms with E-state index in [0.29, 0.717) is 38.4 Å². The van der Waals surface area contributed by atoms with E-state index in [1.165, 1.54) is 4.31 Å². The van der Waals surface area contributed by atoms with Crippen LogP contribution >= 0.6 is 11.3 Å². The molecule has 108 valence electrons. The molecular weight excluding hydrogens is 290 g/mol. The van der Waals surface area contributed by atoms with Crippen LogP contribution in [-0.2, 0) is 10.0 Å². The first-order valence-corrected chi connectivity index (χ1v) is 8.24. The Morgan fingerprint density at radius 2 is 1.95 bits per heavy atom. The van der Waals surface area contributed by atoms with Crippen molar-refractivity contribution in [1.82, 2.24) is 14.2 Å². The number of nitrogens with zero attached hydrogens (tertiary/aromatic N) is 2. The van der Waals surface area contributed by atoms with Gasteiger partial charge in [0.1, 0.15) is 0 Å². The van der Waals surface area contributed by atoms with Gasteiger partial charge in [0.25, 0.3) is 10.0 Å². The Bertz CT molecular complexity index is 584. The molecular formula is C10H17N3O4S2. The highest BCUT2D eigenvalue weighted by Crippen LogP contribution is 2.22. The van der Waals surface area contributed by atoms with Gasteiger partial charge in [-0.05, 0) is 6.92 Å². The van der Waals surface area contributed by atoms with E-state index >= 15 is 0 Å². The summed E-state index contributed by atoms with van der Waals surface area (Å²) < 4.78 is 26.3. The van der Waals surface area contributed by atoms with E-state index in [0.717, 1.165) is 11.3 Å². The second-order valence-electron chi connectivity index (χ2n) is 4.40. The van der Waals surface area contributed by atoms with Crippen molar-refractivity contribution in [3.63, 3.8) is 0 Å². The van der Waals surface area contributed by atoms with Gasteiger partial charge in [-0.1, -0.05) is 11.3 Å². The molecule has 1 aliphatic heterocycles. The molecule has 0 aromatic carbocycles. The van der Waals surface area contributed by atoms with Crippen molar-refractivity contribution in [1.29, 1.82) is 0 Å². The van der Waals surface area contributed by atoms with Crippen molar-refractivity contribution in [2.75, 3.05) is 39.3 Å². The number of H-pyrrole nitrogens is 1. The van der Waals surface area contributed by atoms with Crippen LogP contribution in [0.3, 0.4) is 0 Å². The van der Waals surface area contributed by atoms with Crippen LogP contribution in [0.2, 0.25) is 0 Å². The van der Waals surface area contributed by atoms with Crippen LogP contribution in [0.4, 0.5) is 0 Å². The van der Waals surface area contributed by atoms with Gasteiger partial charge in [0.2, 0.25) is 0 Å². The number of thiazole rings is 1. The van der Waals surface area contributed by atoms with E-state index in [4.69, 9.17) is 5.11 Å². The lowest BCUT2D eigenvalue weighted by Crippen LogP contribution is -2.49. The van der Waals surface area contributed by atoms with E-state index in [2.05, 4.69) is 4.98 Å². The number of aryl methyl sites for hydroxylation is 1. The van der Waals surface area contributed by atoms with Crippen molar-refractivity contribution < 1.29 is 13.5 Å².